The van der Waals surface area contributed by atoms with E-state index in [1.807, 2.05) is 0 Å². The summed E-state index contributed by atoms with van der Waals surface area (Å²) in [4.78, 5) is 10.9. The van der Waals surface area contributed by atoms with Crippen molar-refractivity contribution in [2.75, 3.05) is 11.5 Å². The first kappa shape index (κ1) is 8.73. The molecule has 1 aromatic rings. The topological polar surface area (TPSA) is 89.3 Å². The molecule has 0 radical (unpaired) electrons. The smallest absolute Gasteiger partial charge is 0.339 e. The van der Waals surface area contributed by atoms with Crippen molar-refractivity contribution in [1.29, 1.82) is 0 Å². The molecule has 0 atom stereocenters. The summed E-state index contributed by atoms with van der Waals surface area (Å²) < 4.78 is 0. The first-order valence-corrected chi connectivity index (χ1v) is 3.59. The van der Waals surface area contributed by atoms with Crippen LogP contribution in [-0.4, -0.2) is 11.1 Å². The van der Waals surface area contributed by atoms with E-state index < -0.39 is 5.97 Å². The minimum atomic E-state index is -1.12. The normalized spacial score (nSPS) is 9.75. The van der Waals surface area contributed by atoms with Gasteiger partial charge in [-0.15, -0.1) is 12.6 Å². The highest BCUT2D eigenvalue weighted by molar-refractivity contribution is 7.80. The molecule has 0 saturated carbocycles. The molecule has 0 fully saturated rings. The van der Waals surface area contributed by atoms with Crippen LogP contribution in [-0.2, 0) is 0 Å². The van der Waals surface area contributed by atoms with E-state index >= 15 is 0 Å². The molecule has 64 valence electrons. The summed E-state index contributed by atoms with van der Waals surface area (Å²) in [6.07, 6.45) is 0. The van der Waals surface area contributed by atoms with Gasteiger partial charge in [-0.2, -0.15) is 0 Å². The lowest BCUT2D eigenvalue weighted by molar-refractivity contribution is 0.0694. The van der Waals surface area contributed by atoms with Gasteiger partial charge in [0.1, 0.15) is 0 Å². The number of hydrogen-bond acceptors (Lipinski definition) is 4. The maximum absolute atomic E-state index is 10.6. The standard InChI is InChI=1S/C7H8N2O2S/c8-3-1-2-4(12)5(6(3)9)7(10)11/h1-2,12H,8-9H2,(H,10,11). The Kier molecular flexibility index (Phi) is 2.14. The molecule has 0 amide bonds. The SMILES string of the molecule is Nc1ccc(S)c(C(=O)O)c1N. The van der Waals surface area contributed by atoms with Gasteiger partial charge < -0.3 is 16.6 Å². The number of carbonyl (C=O) groups is 1. The largest absolute Gasteiger partial charge is 0.478 e. The quantitative estimate of drug-likeness (QED) is 0.384. The molecule has 0 heterocycles. The molecule has 4 nitrogen and oxygen atoms in total. The summed E-state index contributed by atoms with van der Waals surface area (Å²) in [6, 6.07) is 3.02. The highest BCUT2D eigenvalue weighted by Gasteiger charge is 2.13. The van der Waals surface area contributed by atoms with Crippen molar-refractivity contribution in [1.82, 2.24) is 0 Å². The van der Waals surface area contributed by atoms with Crippen LogP contribution in [0.1, 0.15) is 10.4 Å². The van der Waals surface area contributed by atoms with Gasteiger partial charge in [-0.3, -0.25) is 0 Å². The van der Waals surface area contributed by atoms with E-state index in [4.69, 9.17) is 16.6 Å². The van der Waals surface area contributed by atoms with Gasteiger partial charge in [-0.05, 0) is 12.1 Å². The molecule has 0 unspecified atom stereocenters. The zero-order chi connectivity index (χ0) is 9.30. The van der Waals surface area contributed by atoms with E-state index in [-0.39, 0.29) is 16.9 Å². The fourth-order valence-corrected chi connectivity index (χ4v) is 1.14. The van der Waals surface area contributed by atoms with Crippen molar-refractivity contribution < 1.29 is 9.90 Å². The summed E-state index contributed by atoms with van der Waals surface area (Å²) in [5, 5.41) is 8.69. The zero-order valence-corrected chi connectivity index (χ0v) is 7.01. The zero-order valence-electron chi connectivity index (χ0n) is 6.11. The molecular weight excluding hydrogens is 176 g/mol. The van der Waals surface area contributed by atoms with E-state index in [0.717, 1.165) is 0 Å². The molecule has 0 aliphatic heterocycles. The molecule has 0 aliphatic carbocycles. The number of thiol groups is 1. The minimum Gasteiger partial charge on any atom is -0.478 e. The Morgan fingerprint density at radius 3 is 2.42 bits per heavy atom. The van der Waals surface area contributed by atoms with Gasteiger partial charge in [0.25, 0.3) is 0 Å². The van der Waals surface area contributed by atoms with Crippen LogP contribution in [0.3, 0.4) is 0 Å². The monoisotopic (exact) mass is 184 g/mol. The van der Waals surface area contributed by atoms with Crippen molar-refractivity contribution in [3.05, 3.63) is 17.7 Å². The van der Waals surface area contributed by atoms with Gasteiger partial charge >= 0.3 is 5.97 Å². The van der Waals surface area contributed by atoms with Gasteiger partial charge in [0, 0.05) is 4.90 Å². The van der Waals surface area contributed by atoms with Crippen LogP contribution in [0.15, 0.2) is 17.0 Å². The molecular formula is C7H8N2O2S. The highest BCUT2D eigenvalue weighted by atomic mass is 32.1. The predicted molar refractivity (Wildman–Crippen MR) is 49.5 cm³/mol. The van der Waals surface area contributed by atoms with Crippen LogP contribution in [0.25, 0.3) is 0 Å². The Balaban J connectivity index is 3.43. The van der Waals surface area contributed by atoms with Gasteiger partial charge in [0.2, 0.25) is 0 Å². The van der Waals surface area contributed by atoms with Gasteiger partial charge in [0.15, 0.2) is 0 Å². The number of nitrogen functional groups attached to an aromatic ring is 2. The second-order valence-electron chi connectivity index (χ2n) is 2.27. The Morgan fingerprint density at radius 1 is 1.42 bits per heavy atom. The second-order valence-corrected chi connectivity index (χ2v) is 2.75. The van der Waals surface area contributed by atoms with Gasteiger partial charge in [0.05, 0.1) is 16.9 Å². The Labute approximate surface area is 74.6 Å². The Morgan fingerprint density at radius 2 is 2.00 bits per heavy atom. The van der Waals surface area contributed by atoms with E-state index in [1.165, 1.54) is 12.1 Å². The summed E-state index contributed by atoms with van der Waals surface area (Å²) in [7, 11) is 0. The average molecular weight is 184 g/mol. The summed E-state index contributed by atoms with van der Waals surface area (Å²) >= 11 is 3.94. The molecule has 0 bridgehead atoms. The van der Waals surface area contributed by atoms with Crippen molar-refractivity contribution >= 4 is 30.0 Å². The minimum absolute atomic E-state index is 0.0432. The molecule has 5 heteroatoms. The lowest BCUT2D eigenvalue weighted by atomic mass is 10.1. The molecule has 5 N–H and O–H groups in total. The molecule has 0 aromatic heterocycles. The molecule has 0 spiro atoms. The number of carboxylic acid groups (broad SMARTS) is 1. The number of aromatic carboxylic acids is 1. The van der Waals surface area contributed by atoms with Crippen molar-refractivity contribution in [3.8, 4) is 0 Å². The van der Waals surface area contributed by atoms with E-state index in [1.54, 1.807) is 0 Å². The number of hydrogen-bond donors (Lipinski definition) is 4. The Bertz CT molecular complexity index is 338. The lowest BCUT2D eigenvalue weighted by Crippen LogP contribution is -2.06. The van der Waals surface area contributed by atoms with Gasteiger partial charge in [-0.25, -0.2) is 4.79 Å². The highest BCUT2D eigenvalue weighted by Crippen LogP contribution is 2.25. The summed E-state index contributed by atoms with van der Waals surface area (Å²) in [5.41, 5.74) is 11.1. The summed E-state index contributed by atoms with van der Waals surface area (Å²) in [6.45, 7) is 0. The number of anilines is 2. The van der Waals surface area contributed by atoms with Crippen LogP contribution >= 0.6 is 12.6 Å². The second kappa shape index (κ2) is 2.94. The summed E-state index contributed by atoms with van der Waals surface area (Å²) in [5.74, 6) is -1.12. The predicted octanol–water partition coefficient (Wildman–Crippen LogP) is 0.838. The molecule has 1 rings (SSSR count). The maximum atomic E-state index is 10.6. The van der Waals surface area contributed by atoms with E-state index in [0.29, 0.717) is 4.90 Å². The third kappa shape index (κ3) is 1.31. The fourth-order valence-electron chi connectivity index (χ4n) is 0.849. The third-order valence-corrected chi connectivity index (χ3v) is 1.84. The van der Waals surface area contributed by atoms with Gasteiger partial charge in [-0.1, -0.05) is 0 Å². The van der Waals surface area contributed by atoms with Crippen molar-refractivity contribution in [2.45, 2.75) is 4.90 Å². The average Bonchev–Trinajstić information content (AvgIpc) is 1.97. The molecule has 12 heavy (non-hydrogen) atoms. The van der Waals surface area contributed by atoms with Crippen LogP contribution in [0.4, 0.5) is 11.4 Å². The van der Waals surface area contributed by atoms with Crippen LogP contribution < -0.4 is 11.5 Å². The van der Waals surface area contributed by atoms with Crippen molar-refractivity contribution in [2.24, 2.45) is 0 Å². The first-order valence-electron chi connectivity index (χ1n) is 3.14. The lowest BCUT2D eigenvalue weighted by Gasteiger charge is -2.05. The van der Waals surface area contributed by atoms with E-state index in [9.17, 15) is 4.79 Å². The third-order valence-electron chi connectivity index (χ3n) is 1.47. The number of rotatable bonds is 1. The van der Waals surface area contributed by atoms with Crippen LogP contribution in [0, 0.1) is 0 Å². The van der Waals surface area contributed by atoms with Crippen LogP contribution in [0.2, 0.25) is 0 Å². The fraction of sp³-hybridized carbons (Fsp3) is 0. The molecule has 1 aromatic carbocycles. The first-order chi connectivity index (χ1) is 5.54. The number of benzene rings is 1. The van der Waals surface area contributed by atoms with Crippen LogP contribution in [0.5, 0.6) is 0 Å². The Hall–Kier alpha value is -1.36. The number of nitrogens with two attached hydrogens (primary N) is 2. The van der Waals surface area contributed by atoms with Crippen molar-refractivity contribution in [3.63, 3.8) is 0 Å². The number of carboxylic acids is 1. The maximum Gasteiger partial charge on any atom is 0.339 e. The molecule has 0 aliphatic rings. The molecule has 0 saturated heterocycles. The van der Waals surface area contributed by atoms with E-state index in [2.05, 4.69) is 12.6 Å².